The van der Waals surface area contributed by atoms with Crippen LogP contribution in [0.25, 0.3) is 0 Å². The van der Waals surface area contributed by atoms with E-state index in [2.05, 4.69) is 0 Å². The van der Waals surface area contributed by atoms with E-state index in [0.29, 0.717) is 6.54 Å². The Balaban J connectivity index is 2.39. The van der Waals surface area contributed by atoms with Crippen LogP contribution in [0.2, 0.25) is 0 Å². The van der Waals surface area contributed by atoms with Gasteiger partial charge < -0.3 is 10.0 Å². The molecule has 1 aliphatic heterocycles. The smallest absolute Gasteiger partial charge is 0.219 e. The number of hydrogen-bond acceptors (Lipinski definition) is 2. The molecule has 58 valence electrons. The van der Waals surface area contributed by atoms with Crippen molar-refractivity contribution in [1.29, 1.82) is 0 Å². The van der Waals surface area contributed by atoms with Gasteiger partial charge >= 0.3 is 0 Å². The summed E-state index contributed by atoms with van der Waals surface area (Å²) >= 11 is 0. The maximum absolute atomic E-state index is 10.8. The van der Waals surface area contributed by atoms with Crippen molar-refractivity contribution in [3.8, 4) is 0 Å². The van der Waals surface area contributed by atoms with Crippen LogP contribution in [-0.4, -0.2) is 35.1 Å². The molecule has 1 aliphatic rings. The molecule has 3 heteroatoms. The van der Waals surface area contributed by atoms with Crippen LogP contribution < -0.4 is 0 Å². The second-order valence-electron chi connectivity index (χ2n) is 2.76. The van der Waals surface area contributed by atoms with E-state index in [-0.39, 0.29) is 12.0 Å². The Labute approximate surface area is 60.6 Å². The molecule has 0 bridgehead atoms. The van der Waals surface area contributed by atoms with Crippen molar-refractivity contribution in [3.63, 3.8) is 0 Å². The number of amides is 1. The molecule has 1 rings (SSSR count). The Morgan fingerprint density at radius 3 is 2.80 bits per heavy atom. The molecule has 0 spiro atoms. The largest absolute Gasteiger partial charge is 0.391 e. The van der Waals surface area contributed by atoms with Gasteiger partial charge in [0.15, 0.2) is 0 Å². The highest BCUT2D eigenvalue weighted by Gasteiger charge is 2.18. The van der Waals surface area contributed by atoms with E-state index >= 15 is 0 Å². The molecule has 1 amide bonds. The maximum atomic E-state index is 10.8. The Morgan fingerprint density at radius 2 is 2.40 bits per heavy atom. The third-order valence-corrected chi connectivity index (χ3v) is 1.84. The van der Waals surface area contributed by atoms with E-state index in [1.807, 2.05) is 0 Å². The van der Waals surface area contributed by atoms with Gasteiger partial charge in [-0.2, -0.15) is 0 Å². The molecule has 1 heterocycles. The van der Waals surface area contributed by atoms with Gasteiger partial charge in [0.25, 0.3) is 0 Å². The van der Waals surface area contributed by atoms with Crippen LogP contribution in [0.5, 0.6) is 0 Å². The number of rotatable bonds is 0. The number of nitrogens with zero attached hydrogens (tertiary/aromatic N) is 1. The van der Waals surface area contributed by atoms with Crippen molar-refractivity contribution in [3.05, 3.63) is 0 Å². The molecule has 0 saturated carbocycles. The number of aliphatic hydroxyl groups excluding tert-OH is 1. The summed E-state index contributed by atoms with van der Waals surface area (Å²) in [5.41, 5.74) is 0. The van der Waals surface area contributed by atoms with Gasteiger partial charge in [0.05, 0.1) is 6.10 Å². The zero-order valence-electron chi connectivity index (χ0n) is 6.21. The van der Waals surface area contributed by atoms with Gasteiger partial charge in [-0.15, -0.1) is 0 Å². The van der Waals surface area contributed by atoms with Crippen molar-refractivity contribution in [2.45, 2.75) is 25.9 Å². The molecule has 3 nitrogen and oxygen atoms in total. The highest BCUT2D eigenvalue weighted by molar-refractivity contribution is 5.73. The van der Waals surface area contributed by atoms with E-state index in [1.54, 1.807) is 4.90 Å². The highest BCUT2D eigenvalue weighted by atomic mass is 16.3. The Kier molecular flexibility index (Phi) is 2.27. The summed E-state index contributed by atoms with van der Waals surface area (Å²) in [6, 6.07) is 0. The fourth-order valence-corrected chi connectivity index (χ4v) is 1.24. The summed E-state index contributed by atoms with van der Waals surface area (Å²) in [7, 11) is 0. The normalized spacial score (nSPS) is 26.6. The summed E-state index contributed by atoms with van der Waals surface area (Å²) in [4.78, 5) is 12.4. The van der Waals surface area contributed by atoms with Crippen LogP contribution in [0.1, 0.15) is 19.8 Å². The molecule has 0 aromatic rings. The second kappa shape index (κ2) is 3.01. The molecule has 1 atom stereocenters. The molecule has 0 aromatic heterocycles. The van der Waals surface area contributed by atoms with Crippen molar-refractivity contribution in [1.82, 2.24) is 4.90 Å². The summed E-state index contributed by atoms with van der Waals surface area (Å²) in [5, 5.41) is 9.13. The van der Waals surface area contributed by atoms with E-state index in [9.17, 15) is 4.79 Å². The molecule has 0 aromatic carbocycles. The molecule has 0 radical (unpaired) electrons. The zero-order chi connectivity index (χ0) is 7.56. The number of likely N-dealkylation sites (tertiary alicyclic amines) is 1. The van der Waals surface area contributed by atoms with Gasteiger partial charge in [0.1, 0.15) is 0 Å². The van der Waals surface area contributed by atoms with Gasteiger partial charge in [-0.25, -0.2) is 0 Å². The monoisotopic (exact) mass is 143 g/mol. The van der Waals surface area contributed by atoms with Gasteiger partial charge in [-0.05, 0) is 12.8 Å². The summed E-state index contributed by atoms with van der Waals surface area (Å²) in [5.74, 6) is 0.0683. The lowest BCUT2D eigenvalue weighted by Gasteiger charge is -2.28. The number of carbonyl (C=O) groups is 1. The second-order valence-corrected chi connectivity index (χ2v) is 2.76. The first-order chi connectivity index (χ1) is 4.70. The molecule has 10 heavy (non-hydrogen) atoms. The van der Waals surface area contributed by atoms with Gasteiger partial charge in [0, 0.05) is 20.0 Å². The summed E-state index contributed by atoms with van der Waals surface area (Å²) < 4.78 is 0. The Bertz CT molecular complexity index is 136. The van der Waals surface area contributed by atoms with Crippen molar-refractivity contribution >= 4 is 5.91 Å². The first-order valence-electron chi connectivity index (χ1n) is 3.63. The van der Waals surface area contributed by atoms with Crippen LogP contribution in [0.3, 0.4) is 0 Å². The third kappa shape index (κ3) is 1.70. The van der Waals surface area contributed by atoms with Gasteiger partial charge in [-0.1, -0.05) is 0 Å². The maximum Gasteiger partial charge on any atom is 0.219 e. The van der Waals surface area contributed by atoms with Gasteiger partial charge in [-0.3, -0.25) is 4.79 Å². The molecule has 0 unspecified atom stereocenters. The lowest BCUT2D eigenvalue weighted by molar-refractivity contribution is -0.131. The molecular weight excluding hydrogens is 130 g/mol. The quantitative estimate of drug-likeness (QED) is 0.518. The van der Waals surface area contributed by atoms with Crippen molar-refractivity contribution in [2.24, 2.45) is 0 Å². The Hall–Kier alpha value is -0.570. The molecular formula is C7H13NO2. The first kappa shape index (κ1) is 7.54. The third-order valence-electron chi connectivity index (χ3n) is 1.84. The SMILES string of the molecule is CC(=O)N1CCC[C@@H](O)C1. The zero-order valence-corrected chi connectivity index (χ0v) is 6.21. The van der Waals surface area contributed by atoms with E-state index < -0.39 is 0 Å². The van der Waals surface area contributed by atoms with E-state index in [1.165, 1.54) is 6.92 Å². The number of hydrogen-bond donors (Lipinski definition) is 1. The molecule has 1 fully saturated rings. The predicted molar refractivity (Wildman–Crippen MR) is 37.5 cm³/mol. The minimum atomic E-state index is -0.294. The first-order valence-corrected chi connectivity index (χ1v) is 3.63. The van der Waals surface area contributed by atoms with Crippen LogP contribution in [0.4, 0.5) is 0 Å². The van der Waals surface area contributed by atoms with Crippen LogP contribution in [0, 0.1) is 0 Å². The predicted octanol–water partition coefficient (Wildman–Crippen LogP) is -0.0104. The minimum Gasteiger partial charge on any atom is -0.391 e. The Morgan fingerprint density at radius 1 is 1.70 bits per heavy atom. The summed E-state index contributed by atoms with van der Waals surface area (Å²) in [6.07, 6.45) is 1.47. The van der Waals surface area contributed by atoms with Crippen LogP contribution in [0.15, 0.2) is 0 Å². The lowest BCUT2D eigenvalue weighted by atomic mass is 10.1. The fraction of sp³-hybridized carbons (Fsp3) is 0.857. The highest BCUT2D eigenvalue weighted by Crippen LogP contribution is 2.08. The molecule has 0 aliphatic carbocycles. The van der Waals surface area contributed by atoms with E-state index in [4.69, 9.17) is 5.11 Å². The number of aliphatic hydroxyl groups is 1. The lowest BCUT2D eigenvalue weighted by Crippen LogP contribution is -2.40. The minimum absolute atomic E-state index is 0.0683. The molecule has 1 saturated heterocycles. The number of β-amino-alcohol motifs (C(OH)–C–C–N with tert-alkyl or cyclic N) is 1. The number of carbonyl (C=O) groups excluding carboxylic acids is 1. The van der Waals surface area contributed by atoms with Crippen molar-refractivity contribution < 1.29 is 9.90 Å². The summed E-state index contributed by atoms with van der Waals surface area (Å²) in [6.45, 7) is 2.87. The molecule has 1 N–H and O–H groups in total. The van der Waals surface area contributed by atoms with Crippen LogP contribution >= 0.6 is 0 Å². The standard InChI is InChI=1S/C7H13NO2/c1-6(9)8-4-2-3-7(10)5-8/h7,10H,2-5H2,1H3/t7-/m1/s1. The number of piperidine rings is 1. The van der Waals surface area contributed by atoms with Crippen LogP contribution in [-0.2, 0) is 4.79 Å². The average molecular weight is 143 g/mol. The topological polar surface area (TPSA) is 40.5 Å². The van der Waals surface area contributed by atoms with Crippen molar-refractivity contribution in [2.75, 3.05) is 13.1 Å². The van der Waals surface area contributed by atoms with Gasteiger partial charge in [0.2, 0.25) is 5.91 Å². The van der Waals surface area contributed by atoms with E-state index in [0.717, 1.165) is 19.4 Å². The average Bonchev–Trinajstić information content (AvgIpc) is 1.88. The fourth-order valence-electron chi connectivity index (χ4n) is 1.24.